The molecule has 1 N–H and O–H groups in total. The van der Waals surface area contributed by atoms with Crippen LogP contribution in [0.3, 0.4) is 0 Å². The Morgan fingerprint density at radius 1 is 1.38 bits per heavy atom. The third kappa shape index (κ3) is 4.55. The Labute approximate surface area is 130 Å². The van der Waals surface area contributed by atoms with Crippen molar-refractivity contribution in [3.05, 3.63) is 23.2 Å². The Morgan fingerprint density at radius 2 is 2.10 bits per heavy atom. The lowest BCUT2D eigenvalue weighted by Crippen LogP contribution is -2.41. The van der Waals surface area contributed by atoms with Crippen LogP contribution in [0.1, 0.15) is 0 Å². The molecule has 0 bridgehead atoms. The highest BCUT2D eigenvalue weighted by molar-refractivity contribution is 7.89. The molecule has 0 amide bonds. The van der Waals surface area contributed by atoms with Crippen molar-refractivity contribution in [1.82, 2.24) is 9.62 Å². The third-order valence-corrected chi connectivity index (χ3v) is 5.01. The Kier molecular flexibility index (Phi) is 5.83. The number of morpholine rings is 1. The molecule has 0 unspecified atom stereocenters. The molecular formula is C13H19ClN2O4S. The van der Waals surface area contributed by atoms with Crippen molar-refractivity contribution in [2.24, 2.45) is 0 Å². The van der Waals surface area contributed by atoms with E-state index in [1.807, 2.05) is 0 Å². The van der Waals surface area contributed by atoms with Crippen LogP contribution in [0.5, 0.6) is 5.75 Å². The predicted octanol–water partition coefficient (Wildman–Crippen LogP) is 0.959. The number of halogens is 1. The normalized spacial score (nSPS) is 16.9. The summed E-state index contributed by atoms with van der Waals surface area (Å²) in [4.78, 5) is 2.29. The van der Waals surface area contributed by atoms with Gasteiger partial charge in [-0.15, -0.1) is 0 Å². The summed E-state index contributed by atoms with van der Waals surface area (Å²) in [5.74, 6) is 0.448. The molecule has 0 aromatic heterocycles. The monoisotopic (exact) mass is 334 g/mol. The molecule has 2 rings (SSSR count). The van der Waals surface area contributed by atoms with Gasteiger partial charge in [0.1, 0.15) is 5.75 Å². The van der Waals surface area contributed by atoms with Gasteiger partial charge < -0.3 is 9.47 Å². The SMILES string of the molecule is COc1ccc(S(=O)(=O)NCCN2CCOCC2)cc1Cl. The molecule has 0 spiro atoms. The highest BCUT2D eigenvalue weighted by atomic mass is 35.5. The Morgan fingerprint density at radius 3 is 2.71 bits per heavy atom. The standard InChI is InChI=1S/C13H19ClN2O4S/c1-19-13-3-2-11(10-12(13)14)21(17,18)15-4-5-16-6-8-20-9-7-16/h2-3,10,15H,4-9H2,1H3. The largest absolute Gasteiger partial charge is 0.495 e. The zero-order valence-electron chi connectivity index (χ0n) is 11.8. The van der Waals surface area contributed by atoms with Gasteiger partial charge in [0.05, 0.1) is 30.2 Å². The Bertz CT molecular complexity index is 574. The minimum absolute atomic E-state index is 0.135. The molecule has 1 fully saturated rings. The molecule has 1 aromatic rings. The molecule has 21 heavy (non-hydrogen) atoms. The summed E-state index contributed by atoms with van der Waals surface area (Å²) >= 11 is 5.95. The van der Waals surface area contributed by atoms with Gasteiger partial charge in [-0.3, -0.25) is 4.90 Å². The van der Waals surface area contributed by atoms with Gasteiger partial charge in [0.15, 0.2) is 0 Å². The first-order chi connectivity index (χ1) is 10.0. The third-order valence-electron chi connectivity index (χ3n) is 3.26. The van der Waals surface area contributed by atoms with E-state index < -0.39 is 10.0 Å². The minimum atomic E-state index is -3.56. The van der Waals surface area contributed by atoms with Crippen molar-refractivity contribution in [1.29, 1.82) is 0 Å². The first-order valence-electron chi connectivity index (χ1n) is 6.66. The summed E-state index contributed by atoms with van der Waals surface area (Å²) in [6.45, 7) is 4.06. The van der Waals surface area contributed by atoms with Crippen LogP contribution in [-0.4, -0.2) is 59.8 Å². The van der Waals surface area contributed by atoms with E-state index in [1.54, 1.807) is 6.07 Å². The number of hydrogen-bond donors (Lipinski definition) is 1. The van der Waals surface area contributed by atoms with Crippen LogP contribution in [0.2, 0.25) is 5.02 Å². The quantitative estimate of drug-likeness (QED) is 0.839. The summed E-state index contributed by atoms with van der Waals surface area (Å²) in [7, 11) is -2.07. The molecular weight excluding hydrogens is 316 g/mol. The maximum atomic E-state index is 12.2. The molecule has 6 nitrogen and oxygen atoms in total. The maximum Gasteiger partial charge on any atom is 0.240 e. The summed E-state index contributed by atoms with van der Waals surface area (Å²) in [5.41, 5.74) is 0. The molecule has 1 aromatic carbocycles. The summed E-state index contributed by atoms with van der Waals surface area (Å²) in [5, 5.41) is 0.272. The van der Waals surface area contributed by atoms with Crippen molar-refractivity contribution < 1.29 is 17.9 Å². The molecule has 118 valence electrons. The molecule has 1 heterocycles. The molecule has 1 aliphatic rings. The highest BCUT2D eigenvalue weighted by Gasteiger charge is 2.17. The average molecular weight is 335 g/mol. The van der Waals surface area contributed by atoms with Gasteiger partial charge in [-0.25, -0.2) is 13.1 Å². The van der Waals surface area contributed by atoms with E-state index in [9.17, 15) is 8.42 Å². The van der Waals surface area contributed by atoms with Crippen molar-refractivity contribution in [3.63, 3.8) is 0 Å². The van der Waals surface area contributed by atoms with Crippen molar-refractivity contribution in [2.75, 3.05) is 46.5 Å². The van der Waals surface area contributed by atoms with E-state index >= 15 is 0 Å². The molecule has 0 saturated carbocycles. The predicted molar refractivity (Wildman–Crippen MR) is 80.5 cm³/mol. The Balaban J connectivity index is 1.93. The van der Waals surface area contributed by atoms with Gasteiger partial charge in [-0.1, -0.05) is 11.6 Å². The smallest absolute Gasteiger partial charge is 0.240 e. The fourth-order valence-electron chi connectivity index (χ4n) is 2.06. The molecule has 0 aliphatic carbocycles. The second kappa shape index (κ2) is 7.42. The molecule has 0 atom stereocenters. The second-order valence-corrected chi connectivity index (χ2v) is 6.82. The first-order valence-corrected chi connectivity index (χ1v) is 8.52. The van der Waals surface area contributed by atoms with E-state index in [0.29, 0.717) is 32.1 Å². The van der Waals surface area contributed by atoms with Gasteiger partial charge >= 0.3 is 0 Å². The lowest BCUT2D eigenvalue weighted by molar-refractivity contribution is 0.0390. The average Bonchev–Trinajstić information content (AvgIpc) is 2.48. The van der Waals surface area contributed by atoms with Gasteiger partial charge in [0, 0.05) is 26.2 Å². The zero-order valence-corrected chi connectivity index (χ0v) is 13.4. The van der Waals surface area contributed by atoms with E-state index in [-0.39, 0.29) is 9.92 Å². The number of rotatable bonds is 6. The number of nitrogens with zero attached hydrogens (tertiary/aromatic N) is 1. The van der Waals surface area contributed by atoms with Crippen LogP contribution in [0.15, 0.2) is 23.1 Å². The van der Waals surface area contributed by atoms with E-state index in [1.165, 1.54) is 19.2 Å². The first kappa shape index (κ1) is 16.5. The van der Waals surface area contributed by atoms with Crippen LogP contribution in [-0.2, 0) is 14.8 Å². The van der Waals surface area contributed by atoms with Crippen LogP contribution in [0, 0.1) is 0 Å². The number of methoxy groups -OCH3 is 1. The van der Waals surface area contributed by atoms with Gasteiger partial charge in [-0.2, -0.15) is 0 Å². The number of nitrogens with one attached hydrogen (secondary N) is 1. The van der Waals surface area contributed by atoms with Crippen molar-refractivity contribution in [3.8, 4) is 5.75 Å². The second-order valence-electron chi connectivity index (χ2n) is 4.65. The van der Waals surface area contributed by atoms with Gasteiger partial charge in [0.2, 0.25) is 10.0 Å². The molecule has 8 heteroatoms. The minimum Gasteiger partial charge on any atom is -0.495 e. The van der Waals surface area contributed by atoms with E-state index in [2.05, 4.69) is 9.62 Å². The fourth-order valence-corrected chi connectivity index (χ4v) is 3.43. The zero-order chi connectivity index (χ0) is 15.3. The summed E-state index contributed by atoms with van der Waals surface area (Å²) in [6.07, 6.45) is 0. The van der Waals surface area contributed by atoms with Crippen LogP contribution < -0.4 is 9.46 Å². The molecule has 1 aliphatic heterocycles. The lowest BCUT2D eigenvalue weighted by atomic mass is 10.3. The molecule has 1 saturated heterocycles. The lowest BCUT2D eigenvalue weighted by Gasteiger charge is -2.26. The number of sulfonamides is 1. The molecule has 0 radical (unpaired) electrons. The fraction of sp³-hybridized carbons (Fsp3) is 0.538. The van der Waals surface area contributed by atoms with Gasteiger partial charge in [0.25, 0.3) is 0 Å². The topological polar surface area (TPSA) is 67.9 Å². The summed E-state index contributed by atoms with van der Waals surface area (Å²) in [6, 6.07) is 4.40. The van der Waals surface area contributed by atoms with Crippen molar-refractivity contribution in [2.45, 2.75) is 4.90 Å². The Hall–Kier alpha value is -0.860. The van der Waals surface area contributed by atoms with Crippen LogP contribution in [0.25, 0.3) is 0 Å². The highest BCUT2D eigenvalue weighted by Crippen LogP contribution is 2.26. The number of hydrogen-bond acceptors (Lipinski definition) is 5. The number of benzene rings is 1. The number of ether oxygens (including phenoxy) is 2. The van der Waals surface area contributed by atoms with E-state index in [4.69, 9.17) is 21.1 Å². The van der Waals surface area contributed by atoms with Gasteiger partial charge in [-0.05, 0) is 18.2 Å². The van der Waals surface area contributed by atoms with E-state index in [0.717, 1.165) is 13.1 Å². The maximum absolute atomic E-state index is 12.2. The van der Waals surface area contributed by atoms with Crippen molar-refractivity contribution >= 4 is 21.6 Å². The summed E-state index contributed by atoms with van der Waals surface area (Å²) < 4.78 is 37.2. The van der Waals surface area contributed by atoms with Crippen LogP contribution >= 0.6 is 11.6 Å². The van der Waals surface area contributed by atoms with Crippen LogP contribution in [0.4, 0.5) is 0 Å².